The molecule has 39 heavy (non-hydrogen) atoms. The molecule has 0 radical (unpaired) electrons. The molecule has 0 aliphatic heterocycles. The topological polar surface area (TPSA) is 71.8 Å². The van der Waals surface area contributed by atoms with Gasteiger partial charge >= 0.3 is 6.03 Å². The molecule has 2 aromatic heterocycles. The summed E-state index contributed by atoms with van der Waals surface area (Å²) in [4.78, 5) is 17.2. The minimum absolute atomic E-state index is 0.00903. The summed E-state index contributed by atoms with van der Waals surface area (Å²) >= 11 is 0. The third-order valence-corrected chi connectivity index (χ3v) is 8.44. The predicted molar refractivity (Wildman–Crippen MR) is 149 cm³/mol. The number of nitrogens with zero attached hydrogens (tertiary/aromatic N) is 3. The number of allylic oxidation sites excluding steroid dienone is 1. The van der Waals surface area contributed by atoms with Gasteiger partial charge in [-0.1, -0.05) is 55.0 Å². The molecule has 1 unspecified atom stereocenters. The summed E-state index contributed by atoms with van der Waals surface area (Å²) in [6.07, 6.45) is 11.8. The maximum Gasteiger partial charge on any atom is 0.315 e. The summed E-state index contributed by atoms with van der Waals surface area (Å²) in [5.74, 6) is 0.117. The van der Waals surface area contributed by atoms with Crippen molar-refractivity contribution in [3.8, 4) is 5.69 Å². The molecule has 3 atom stereocenters. The van der Waals surface area contributed by atoms with E-state index in [4.69, 9.17) is 5.10 Å². The van der Waals surface area contributed by atoms with Crippen LogP contribution in [-0.2, 0) is 13.0 Å². The zero-order chi connectivity index (χ0) is 26.8. The van der Waals surface area contributed by atoms with Crippen LogP contribution in [0.5, 0.6) is 0 Å². The van der Waals surface area contributed by atoms with E-state index in [1.807, 2.05) is 47.4 Å². The van der Waals surface area contributed by atoms with E-state index in [1.54, 1.807) is 18.3 Å². The first-order valence-electron chi connectivity index (χ1n) is 13.5. The monoisotopic (exact) mass is 521 g/mol. The van der Waals surface area contributed by atoms with E-state index in [9.17, 15) is 9.18 Å². The van der Waals surface area contributed by atoms with Crippen LogP contribution in [0.2, 0.25) is 0 Å². The molecule has 2 aliphatic carbocycles. The van der Waals surface area contributed by atoms with E-state index in [1.165, 1.54) is 23.3 Å². The molecule has 6 rings (SSSR count). The van der Waals surface area contributed by atoms with Gasteiger partial charge in [-0.2, -0.15) is 5.10 Å². The zero-order valence-corrected chi connectivity index (χ0v) is 22.0. The lowest BCUT2D eigenvalue weighted by Crippen LogP contribution is -2.39. The van der Waals surface area contributed by atoms with Gasteiger partial charge in [-0.15, -0.1) is 0 Å². The van der Waals surface area contributed by atoms with Crippen molar-refractivity contribution in [2.24, 2.45) is 11.3 Å². The van der Waals surface area contributed by atoms with Gasteiger partial charge in [0.25, 0.3) is 0 Å². The zero-order valence-electron chi connectivity index (χ0n) is 22.0. The minimum atomic E-state index is -0.287. The molecule has 1 fully saturated rings. The van der Waals surface area contributed by atoms with Gasteiger partial charge in [0, 0.05) is 12.7 Å². The van der Waals surface area contributed by atoms with E-state index in [2.05, 4.69) is 40.8 Å². The highest BCUT2D eigenvalue weighted by Crippen LogP contribution is 2.55. The van der Waals surface area contributed by atoms with Gasteiger partial charge in [-0.25, -0.2) is 13.9 Å². The molecule has 6 nitrogen and oxygen atoms in total. The number of benzene rings is 2. The number of pyridine rings is 1. The summed E-state index contributed by atoms with van der Waals surface area (Å²) in [5, 5.41) is 10.9. The first-order valence-corrected chi connectivity index (χ1v) is 13.5. The number of fused-ring (bicyclic) bond motifs is 2. The highest BCUT2D eigenvalue weighted by molar-refractivity contribution is 5.74. The number of halogens is 1. The first-order chi connectivity index (χ1) is 19.0. The van der Waals surface area contributed by atoms with Gasteiger partial charge in [0.15, 0.2) is 0 Å². The van der Waals surface area contributed by atoms with Crippen molar-refractivity contribution in [3.63, 3.8) is 0 Å². The van der Waals surface area contributed by atoms with Crippen LogP contribution >= 0.6 is 0 Å². The van der Waals surface area contributed by atoms with E-state index in [-0.39, 0.29) is 23.3 Å². The van der Waals surface area contributed by atoms with Gasteiger partial charge in [-0.05, 0) is 84.0 Å². The molecule has 0 saturated heterocycles. The van der Waals surface area contributed by atoms with Crippen molar-refractivity contribution in [1.82, 2.24) is 25.4 Å². The number of hydrogen-bond donors (Lipinski definition) is 2. The Balaban J connectivity index is 1.20. The number of aromatic nitrogens is 3. The van der Waals surface area contributed by atoms with Crippen LogP contribution in [0.25, 0.3) is 11.8 Å². The van der Waals surface area contributed by atoms with Crippen molar-refractivity contribution in [2.75, 3.05) is 0 Å². The number of rotatable bonds is 7. The molecule has 2 N–H and O–H groups in total. The van der Waals surface area contributed by atoms with Gasteiger partial charge < -0.3 is 10.6 Å². The van der Waals surface area contributed by atoms with Crippen LogP contribution in [0.4, 0.5) is 9.18 Å². The number of amides is 2. The van der Waals surface area contributed by atoms with Crippen LogP contribution in [0, 0.1) is 17.2 Å². The Hall–Kier alpha value is -4.26. The second kappa shape index (κ2) is 10.5. The van der Waals surface area contributed by atoms with Crippen LogP contribution in [0.15, 0.2) is 90.9 Å². The molecule has 7 heteroatoms. The average molecular weight is 522 g/mol. The molecule has 0 bridgehead atoms. The van der Waals surface area contributed by atoms with Crippen molar-refractivity contribution in [3.05, 3.63) is 119 Å². The highest BCUT2D eigenvalue weighted by Gasteiger charge is 2.46. The maximum absolute atomic E-state index is 13.2. The number of nitrogens with one attached hydrogen (secondary N) is 2. The Morgan fingerprint density at radius 1 is 1.10 bits per heavy atom. The molecule has 198 valence electrons. The van der Waals surface area contributed by atoms with Crippen LogP contribution < -0.4 is 10.6 Å². The standard InChI is InChI=1S/C32H32FN5O/c1-32-18-24-20-36-38(28-8-5-15-34-21-28)30(24)17-26(32)12-11-25(32)16-29(23-6-3-2-4-7-23)37-31(39)35-19-22-9-13-27(33)14-10-22/h2-10,13-15,17,20-21,25,29H,11-12,16,18-19H2,1H3,(H2,35,37,39)/t25-,29?,32-/m1/s1. The molecule has 1 saturated carbocycles. The second-order valence-electron chi connectivity index (χ2n) is 10.8. The van der Waals surface area contributed by atoms with Gasteiger partial charge in [-0.3, -0.25) is 4.98 Å². The Morgan fingerprint density at radius 3 is 2.69 bits per heavy atom. The molecule has 2 heterocycles. The lowest BCUT2D eigenvalue weighted by Gasteiger charge is -2.37. The molecule has 2 amide bonds. The van der Waals surface area contributed by atoms with Crippen molar-refractivity contribution >= 4 is 12.1 Å². The van der Waals surface area contributed by atoms with Gasteiger partial charge in [0.2, 0.25) is 0 Å². The summed E-state index contributed by atoms with van der Waals surface area (Å²) in [7, 11) is 0. The molecule has 2 aliphatic rings. The number of carbonyl (C=O) groups is 1. The van der Waals surface area contributed by atoms with Crippen molar-refractivity contribution in [1.29, 1.82) is 0 Å². The van der Waals surface area contributed by atoms with Gasteiger partial charge in [0.05, 0.1) is 29.8 Å². The van der Waals surface area contributed by atoms with Crippen LogP contribution in [-0.4, -0.2) is 20.8 Å². The third kappa shape index (κ3) is 5.09. The van der Waals surface area contributed by atoms with Crippen molar-refractivity contribution in [2.45, 2.75) is 45.2 Å². The first kappa shape index (κ1) is 25.0. The van der Waals surface area contributed by atoms with E-state index >= 15 is 0 Å². The molecule has 4 aromatic rings. The smallest absolute Gasteiger partial charge is 0.315 e. The molecule has 0 spiro atoms. The minimum Gasteiger partial charge on any atom is -0.334 e. The largest absolute Gasteiger partial charge is 0.334 e. The Morgan fingerprint density at radius 2 is 1.92 bits per heavy atom. The van der Waals surface area contributed by atoms with E-state index in [0.29, 0.717) is 12.5 Å². The quantitative estimate of drug-likeness (QED) is 0.296. The summed E-state index contributed by atoms with van der Waals surface area (Å²) in [6, 6.07) is 20.0. The lowest BCUT2D eigenvalue weighted by molar-refractivity contribution is 0.216. The number of urea groups is 1. The van der Waals surface area contributed by atoms with Crippen molar-refractivity contribution < 1.29 is 9.18 Å². The van der Waals surface area contributed by atoms with Crippen LogP contribution in [0.3, 0.4) is 0 Å². The third-order valence-electron chi connectivity index (χ3n) is 8.44. The predicted octanol–water partition coefficient (Wildman–Crippen LogP) is 6.39. The fourth-order valence-corrected chi connectivity index (χ4v) is 6.24. The number of carbonyl (C=O) groups excluding carboxylic acids is 1. The average Bonchev–Trinajstić information content (AvgIpc) is 3.51. The Kier molecular flexibility index (Phi) is 6.73. The molecular weight excluding hydrogens is 489 g/mol. The normalized spacial score (nSPS) is 20.5. The maximum atomic E-state index is 13.2. The fourth-order valence-electron chi connectivity index (χ4n) is 6.24. The second-order valence-corrected chi connectivity index (χ2v) is 10.8. The van der Waals surface area contributed by atoms with E-state index < -0.39 is 0 Å². The highest BCUT2D eigenvalue weighted by atomic mass is 19.1. The summed E-state index contributed by atoms with van der Waals surface area (Å²) in [5.41, 5.74) is 6.77. The van der Waals surface area contributed by atoms with Crippen LogP contribution in [0.1, 0.15) is 54.6 Å². The van der Waals surface area contributed by atoms with E-state index in [0.717, 1.165) is 48.2 Å². The SMILES string of the molecule is C[C@]12Cc3cnn(-c4cccnc4)c3C=C1CC[C@@H]2CC(NC(=O)NCc1ccc(F)cc1)c1ccccc1. The Bertz CT molecular complexity index is 1480. The lowest BCUT2D eigenvalue weighted by atomic mass is 9.68. The van der Waals surface area contributed by atoms with Gasteiger partial charge in [0.1, 0.15) is 5.82 Å². The molecular formula is C32H32FN5O. The fraction of sp³-hybridized carbons (Fsp3) is 0.281. The number of hydrogen-bond acceptors (Lipinski definition) is 3. The summed E-state index contributed by atoms with van der Waals surface area (Å²) < 4.78 is 15.2. The molecule has 2 aromatic carbocycles. The summed E-state index contributed by atoms with van der Waals surface area (Å²) in [6.45, 7) is 2.71. The Labute approximate surface area is 228 Å².